The standard InChI is InChI=1S/C18H27N3O2S/c1-20(2)24(22,23)16-9-10-18-17(11-16)14(13-21(18)3)12-19-15-7-5-4-6-8-15/h9-11,13,15,19H,4-8,12H2,1-3H3. The van der Waals surface area contributed by atoms with E-state index in [0.29, 0.717) is 10.9 Å². The molecule has 1 aromatic carbocycles. The van der Waals surface area contributed by atoms with E-state index in [-0.39, 0.29) is 0 Å². The second kappa shape index (κ2) is 6.86. The topological polar surface area (TPSA) is 54.3 Å². The maximum Gasteiger partial charge on any atom is 0.242 e. The van der Waals surface area contributed by atoms with Crippen molar-refractivity contribution in [2.45, 2.75) is 49.6 Å². The van der Waals surface area contributed by atoms with Gasteiger partial charge in [-0.05, 0) is 36.6 Å². The molecule has 0 saturated heterocycles. The van der Waals surface area contributed by atoms with Crippen molar-refractivity contribution >= 4 is 20.9 Å². The molecule has 1 aliphatic rings. The molecule has 2 aromatic rings. The molecule has 1 aliphatic carbocycles. The molecule has 0 unspecified atom stereocenters. The maximum absolute atomic E-state index is 12.4. The van der Waals surface area contributed by atoms with Crippen LogP contribution in [0, 0.1) is 0 Å². The van der Waals surface area contributed by atoms with Crippen LogP contribution in [-0.2, 0) is 23.6 Å². The summed E-state index contributed by atoms with van der Waals surface area (Å²) in [6.07, 6.45) is 8.54. The van der Waals surface area contributed by atoms with Crippen LogP contribution in [0.4, 0.5) is 0 Å². The van der Waals surface area contributed by atoms with Gasteiger partial charge in [-0.1, -0.05) is 19.3 Å². The lowest BCUT2D eigenvalue weighted by molar-refractivity contribution is 0.372. The minimum atomic E-state index is -3.41. The summed E-state index contributed by atoms with van der Waals surface area (Å²) in [6.45, 7) is 0.785. The highest BCUT2D eigenvalue weighted by molar-refractivity contribution is 7.89. The summed E-state index contributed by atoms with van der Waals surface area (Å²) in [6, 6.07) is 5.98. The van der Waals surface area contributed by atoms with Crippen molar-refractivity contribution in [2.75, 3.05) is 14.1 Å². The minimum absolute atomic E-state index is 0.352. The highest BCUT2D eigenvalue weighted by atomic mass is 32.2. The summed E-state index contributed by atoms with van der Waals surface area (Å²) in [5.74, 6) is 0. The third kappa shape index (κ3) is 3.36. The lowest BCUT2D eigenvalue weighted by atomic mass is 9.95. The highest BCUT2D eigenvalue weighted by Gasteiger charge is 2.19. The number of benzene rings is 1. The molecule has 24 heavy (non-hydrogen) atoms. The van der Waals surface area contributed by atoms with Gasteiger partial charge in [0.05, 0.1) is 4.90 Å². The number of aromatic nitrogens is 1. The van der Waals surface area contributed by atoms with E-state index in [4.69, 9.17) is 0 Å². The van der Waals surface area contributed by atoms with Gasteiger partial charge in [-0.15, -0.1) is 0 Å². The number of aryl methyl sites for hydroxylation is 1. The van der Waals surface area contributed by atoms with E-state index in [1.807, 2.05) is 19.2 Å². The Labute approximate surface area is 144 Å². The lowest BCUT2D eigenvalue weighted by Crippen LogP contribution is -2.30. The predicted molar refractivity (Wildman–Crippen MR) is 97.5 cm³/mol. The molecule has 6 heteroatoms. The van der Waals surface area contributed by atoms with Crippen LogP contribution >= 0.6 is 0 Å². The van der Waals surface area contributed by atoms with Crippen LogP contribution in [0.1, 0.15) is 37.7 Å². The largest absolute Gasteiger partial charge is 0.350 e. The number of fused-ring (bicyclic) bond motifs is 1. The van der Waals surface area contributed by atoms with E-state index >= 15 is 0 Å². The fraction of sp³-hybridized carbons (Fsp3) is 0.556. The number of hydrogen-bond donors (Lipinski definition) is 1. The molecule has 3 rings (SSSR count). The zero-order chi connectivity index (χ0) is 17.3. The van der Waals surface area contributed by atoms with E-state index in [0.717, 1.165) is 23.0 Å². The van der Waals surface area contributed by atoms with Crippen LogP contribution in [0.3, 0.4) is 0 Å². The van der Waals surface area contributed by atoms with Crippen LogP contribution in [0.25, 0.3) is 10.9 Å². The first kappa shape index (κ1) is 17.5. The lowest BCUT2D eigenvalue weighted by Gasteiger charge is -2.22. The van der Waals surface area contributed by atoms with Crippen LogP contribution in [-0.4, -0.2) is 37.4 Å². The van der Waals surface area contributed by atoms with Crippen LogP contribution in [0.5, 0.6) is 0 Å². The average Bonchev–Trinajstić information content (AvgIpc) is 2.89. The Balaban J connectivity index is 1.90. The van der Waals surface area contributed by atoms with Gasteiger partial charge in [0, 0.05) is 50.8 Å². The van der Waals surface area contributed by atoms with Gasteiger partial charge >= 0.3 is 0 Å². The second-order valence-electron chi connectivity index (χ2n) is 6.95. The zero-order valence-electron chi connectivity index (χ0n) is 14.7. The predicted octanol–water partition coefficient (Wildman–Crippen LogP) is 2.85. The van der Waals surface area contributed by atoms with Crippen molar-refractivity contribution in [1.29, 1.82) is 0 Å². The smallest absolute Gasteiger partial charge is 0.242 e. The third-order valence-electron chi connectivity index (χ3n) is 5.01. The van der Waals surface area contributed by atoms with E-state index < -0.39 is 10.0 Å². The fourth-order valence-electron chi connectivity index (χ4n) is 3.53. The van der Waals surface area contributed by atoms with Gasteiger partial charge in [0.1, 0.15) is 0 Å². The maximum atomic E-state index is 12.4. The van der Waals surface area contributed by atoms with Crippen molar-refractivity contribution in [1.82, 2.24) is 14.2 Å². The first-order chi connectivity index (χ1) is 11.4. The summed E-state index contributed by atoms with van der Waals surface area (Å²) in [4.78, 5) is 0.352. The summed E-state index contributed by atoms with van der Waals surface area (Å²) >= 11 is 0. The Bertz CT molecular complexity index is 818. The molecule has 0 spiro atoms. The molecule has 0 bridgehead atoms. The Morgan fingerprint density at radius 2 is 1.92 bits per heavy atom. The Hall–Kier alpha value is -1.37. The van der Waals surface area contributed by atoms with Crippen molar-refractivity contribution in [3.8, 4) is 0 Å². The van der Waals surface area contributed by atoms with Crippen LogP contribution in [0.15, 0.2) is 29.3 Å². The molecule has 1 aromatic heterocycles. The fourth-order valence-corrected chi connectivity index (χ4v) is 4.45. The van der Waals surface area contributed by atoms with Crippen molar-refractivity contribution in [3.63, 3.8) is 0 Å². The quantitative estimate of drug-likeness (QED) is 0.903. The van der Waals surface area contributed by atoms with Crippen molar-refractivity contribution < 1.29 is 8.42 Å². The molecule has 0 amide bonds. The number of rotatable bonds is 5. The number of sulfonamides is 1. The first-order valence-electron chi connectivity index (χ1n) is 8.63. The molecule has 0 atom stereocenters. The van der Waals surface area contributed by atoms with Crippen molar-refractivity contribution in [3.05, 3.63) is 30.0 Å². The molecule has 1 heterocycles. The van der Waals surface area contributed by atoms with E-state index in [1.165, 1.54) is 36.4 Å². The Morgan fingerprint density at radius 1 is 1.21 bits per heavy atom. The van der Waals surface area contributed by atoms with Crippen LogP contribution in [0.2, 0.25) is 0 Å². The van der Waals surface area contributed by atoms with Gasteiger partial charge in [-0.25, -0.2) is 12.7 Å². The normalized spacial score (nSPS) is 17.0. The molecule has 1 fully saturated rings. The molecule has 0 aliphatic heterocycles. The molecular formula is C18H27N3O2S. The van der Waals surface area contributed by atoms with E-state index in [2.05, 4.69) is 16.1 Å². The molecule has 0 radical (unpaired) electrons. The Kier molecular flexibility index (Phi) is 4.99. The summed E-state index contributed by atoms with van der Waals surface area (Å²) in [7, 11) is 1.73. The number of nitrogens with one attached hydrogen (secondary N) is 1. The van der Waals surface area contributed by atoms with Gasteiger partial charge in [0.25, 0.3) is 0 Å². The third-order valence-corrected chi connectivity index (χ3v) is 6.82. The SMILES string of the molecule is CN(C)S(=O)(=O)c1ccc2c(c1)c(CNC1CCCCC1)cn2C. The Morgan fingerprint density at radius 3 is 2.58 bits per heavy atom. The summed E-state index contributed by atoms with van der Waals surface area (Å²) < 4.78 is 28.1. The van der Waals surface area contributed by atoms with Crippen molar-refractivity contribution in [2.24, 2.45) is 7.05 Å². The van der Waals surface area contributed by atoms with Gasteiger partial charge < -0.3 is 9.88 Å². The van der Waals surface area contributed by atoms with Gasteiger partial charge in [0.15, 0.2) is 0 Å². The molecule has 1 N–H and O–H groups in total. The van der Waals surface area contributed by atoms with Gasteiger partial charge in [-0.2, -0.15) is 0 Å². The summed E-state index contributed by atoms with van der Waals surface area (Å²) in [5.41, 5.74) is 2.22. The molecule has 132 valence electrons. The first-order valence-corrected chi connectivity index (χ1v) is 10.1. The van der Waals surface area contributed by atoms with E-state index in [1.54, 1.807) is 20.2 Å². The second-order valence-corrected chi connectivity index (χ2v) is 9.10. The highest BCUT2D eigenvalue weighted by Crippen LogP contribution is 2.26. The van der Waals surface area contributed by atoms with Gasteiger partial charge in [-0.3, -0.25) is 0 Å². The molecule has 5 nitrogen and oxygen atoms in total. The zero-order valence-corrected chi connectivity index (χ0v) is 15.6. The number of hydrogen-bond acceptors (Lipinski definition) is 3. The monoisotopic (exact) mass is 349 g/mol. The number of nitrogens with zero attached hydrogens (tertiary/aromatic N) is 2. The summed E-state index contributed by atoms with van der Waals surface area (Å²) in [5, 5.41) is 4.67. The van der Waals surface area contributed by atoms with E-state index in [9.17, 15) is 8.42 Å². The average molecular weight is 350 g/mol. The molecular weight excluding hydrogens is 322 g/mol. The minimum Gasteiger partial charge on any atom is -0.350 e. The van der Waals surface area contributed by atoms with Crippen LogP contribution < -0.4 is 5.32 Å². The molecule has 1 saturated carbocycles. The van der Waals surface area contributed by atoms with Gasteiger partial charge in [0.2, 0.25) is 10.0 Å².